The molecule has 2 heterocycles. The van der Waals surface area contributed by atoms with Crippen molar-refractivity contribution in [1.29, 1.82) is 0 Å². The summed E-state index contributed by atoms with van der Waals surface area (Å²) in [4.78, 5) is 53.6. The lowest BCUT2D eigenvalue weighted by Gasteiger charge is -2.07. The molecule has 184 valence electrons. The normalized spacial score (nSPS) is 10.7. The third-order valence-electron chi connectivity index (χ3n) is 4.40. The van der Waals surface area contributed by atoms with E-state index in [0.29, 0.717) is 15.8 Å². The van der Waals surface area contributed by atoms with Crippen molar-refractivity contribution < 1.29 is 19.5 Å². The highest BCUT2D eigenvalue weighted by molar-refractivity contribution is 9.10. The van der Waals surface area contributed by atoms with Gasteiger partial charge in [0.2, 0.25) is 16.7 Å². The molecule has 11 nitrogen and oxygen atoms in total. The number of rotatable bonds is 6. The fourth-order valence-corrected chi connectivity index (χ4v) is 5.18. The highest BCUT2D eigenvalue weighted by Crippen LogP contribution is 2.25. The zero-order valence-electron chi connectivity index (χ0n) is 17.8. The van der Waals surface area contributed by atoms with Crippen LogP contribution in [0.3, 0.4) is 0 Å². The number of hydrogen-bond donors (Lipinski definition) is 4. The monoisotopic (exact) mass is 652 g/mol. The Morgan fingerprint density at radius 3 is 2.50 bits per heavy atom. The molecule has 0 saturated carbocycles. The smallest absolute Gasteiger partial charge is 0.325 e. The lowest BCUT2D eigenvalue weighted by molar-refractivity contribution is -0.117. The topological polar surface area (TPSA) is 155 Å². The van der Waals surface area contributed by atoms with Gasteiger partial charge in [-0.1, -0.05) is 51.2 Å². The minimum atomic E-state index is -0.868. The first-order valence-electron chi connectivity index (χ1n) is 9.89. The number of thioether (sulfide) groups is 1. The van der Waals surface area contributed by atoms with Crippen LogP contribution in [-0.4, -0.2) is 43.3 Å². The van der Waals surface area contributed by atoms with Crippen molar-refractivity contribution in [3.05, 3.63) is 73.4 Å². The molecule has 4 aromatic rings. The molecule has 0 unspecified atom stereocenters. The second-order valence-corrected chi connectivity index (χ2v) is 10.9. The maximum absolute atomic E-state index is 12.8. The molecule has 4 rings (SSSR count). The van der Waals surface area contributed by atoms with E-state index < -0.39 is 34.8 Å². The molecule has 0 aliphatic carbocycles. The molecule has 2 aromatic heterocycles. The largest absolute Gasteiger partial charge is 0.492 e. The van der Waals surface area contributed by atoms with E-state index in [1.54, 1.807) is 48.5 Å². The molecule has 0 radical (unpaired) electrons. The Kier molecular flexibility index (Phi) is 8.03. The van der Waals surface area contributed by atoms with Gasteiger partial charge in [0.05, 0.1) is 11.4 Å². The first-order valence-corrected chi connectivity index (χ1v) is 13.3. The van der Waals surface area contributed by atoms with Crippen molar-refractivity contribution in [3.8, 4) is 5.88 Å². The average molecular weight is 654 g/mol. The van der Waals surface area contributed by atoms with Crippen molar-refractivity contribution in [2.75, 3.05) is 16.4 Å². The van der Waals surface area contributed by atoms with Crippen LogP contribution in [-0.2, 0) is 4.79 Å². The number of halogens is 2. The van der Waals surface area contributed by atoms with E-state index in [2.05, 4.69) is 57.9 Å². The Hall–Kier alpha value is -3.27. The van der Waals surface area contributed by atoms with E-state index in [0.717, 1.165) is 32.1 Å². The van der Waals surface area contributed by atoms with Crippen LogP contribution in [0.25, 0.3) is 4.96 Å². The van der Waals surface area contributed by atoms with Gasteiger partial charge in [-0.15, -0.1) is 5.10 Å². The van der Waals surface area contributed by atoms with Crippen LogP contribution < -0.4 is 21.5 Å². The van der Waals surface area contributed by atoms with Gasteiger partial charge in [-0.2, -0.15) is 9.50 Å². The summed E-state index contributed by atoms with van der Waals surface area (Å²) < 4.78 is 2.60. The van der Waals surface area contributed by atoms with E-state index in [1.807, 2.05) is 0 Å². The number of benzene rings is 2. The molecular weight excluding hydrogens is 640 g/mol. The van der Waals surface area contributed by atoms with Gasteiger partial charge in [-0.05, 0) is 52.3 Å². The summed E-state index contributed by atoms with van der Waals surface area (Å²) in [6.45, 7) is 0. The van der Waals surface area contributed by atoms with Crippen LogP contribution in [0.5, 0.6) is 5.88 Å². The first kappa shape index (κ1) is 25.8. The highest BCUT2D eigenvalue weighted by atomic mass is 79.9. The Morgan fingerprint density at radius 2 is 1.78 bits per heavy atom. The van der Waals surface area contributed by atoms with Gasteiger partial charge in [0, 0.05) is 14.6 Å². The number of hydrogen-bond acceptors (Lipinski definition) is 9. The van der Waals surface area contributed by atoms with Crippen molar-refractivity contribution in [3.63, 3.8) is 0 Å². The van der Waals surface area contributed by atoms with Gasteiger partial charge in [-0.25, -0.2) is 4.79 Å². The molecular formula is C21H14Br2N6O5S2. The average Bonchev–Trinajstić information content (AvgIpc) is 3.24. The third-order valence-corrected chi connectivity index (χ3v) is 7.67. The van der Waals surface area contributed by atoms with Crippen molar-refractivity contribution in [2.24, 2.45) is 0 Å². The number of imide groups is 1. The Morgan fingerprint density at radius 1 is 1.06 bits per heavy atom. The summed E-state index contributed by atoms with van der Waals surface area (Å²) in [5.74, 6) is -2.36. The predicted octanol–water partition coefficient (Wildman–Crippen LogP) is 4.07. The molecule has 15 heteroatoms. The molecule has 4 amide bonds. The highest BCUT2D eigenvalue weighted by Gasteiger charge is 2.22. The third kappa shape index (κ3) is 6.10. The summed E-state index contributed by atoms with van der Waals surface area (Å²) in [5.41, 5.74) is -0.533. The predicted molar refractivity (Wildman–Crippen MR) is 143 cm³/mol. The summed E-state index contributed by atoms with van der Waals surface area (Å²) in [6.07, 6.45) is 0. The van der Waals surface area contributed by atoms with Gasteiger partial charge < -0.3 is 15.7 Å². The van der Waals surface area contributed by atoms with Gasteiger partial charge >= 0.3 is 6.03 Å². The Bertz CT molecular complexity index is 1540. The maximum Gasteiger partial charge on any atom is 0.325 e. The van der Waals surface area contributed by atoms with E-state index >= 15 is 0 Å². The summed E-state index contributed by atoms with van der Waals surface area (Å²) >= 11 is 8.48. The maximum atomic E-state index is 12.8. The van der Waals surface area contributed by atoms with Crippen molar-refractivity contribution >= 4 is 89.1 Å². The Balaban J connectivity index is 1.42. The number of fused-ring (bicyclic) bond motifs is 1. The van der Waals surface area contributed by atoms with Crippen LogP contribution in [0.1, 0.15) is 10.4 Å². The van der Waals surface area contributed by atoms with E-state index in [-0.39, 0.29) is 15.1 Å². The van der Waals surface area contributed by atoms with Crippen LogP contribution >= 0.6 is 55.0 Å². The second-order valence-electron chi connectivity index (χ2n) is 6.91. The summed E-state index contributed by atoms with van der Waals surface area (Å²) in [5, 5.41) is 21.6. The van der Waals surface area contributed by atoms with Gasteiger partial charge in [0.15, 0.2) is 9.90 Å². The number of nitrogens with one attached hydrogen (secondary N) is 3. The molecule has 2 aromatic carbocycles. The molecule has 36 heavy (non-hydrogen) atoms. The van der Waals surface area contributed by atoms with Crippen molar-refractivity contribution in [1.82, 2.24) is 19.9 Å². The fraction of sp³-hybridized carbons (Fsp3) is 0.0476. The van der Waals surface area contributed by atoms with E-state index in [4.69, 9.17) is 0 Å². The standard InChI is InChI=1S/C21H14Br2N6O5S2/c22-10-5-7-11(8-6-10)24-16(31)15-17(32)27-20-29(18(15)33)28-21(36-20)35-9-14(30)26-19(34)25-13-4-2-1-3-12(13)23/h1-8,32H,9H2,(H,24,31)(H2,25,26,30,34). The van der Waals surface area contributed by atoms with Crippen LogP contribution in [0, 0.1) is 0 Å². The van der Waals surface area contributed by atoms with Crippen LogP contribution in [0.2, 0.25) is 0 Å². The number of carbonyl (C=O) groups is 3. The zero-order valence-corrected chi connectivity index (χ0v) is 22.6. The minimum absolute atomic E-state index is 0.0345. The number of amides is 4. The number of carbonyl (C=O) groups excluding carboxylic acids is 3. The lowest BCUT2D eigenvalue weighted by atomic mass is 10.2. The number of nitrogens with zero attached hydrogens (tertiary/aromatic N) is 3. The quantitative estimate of drug-likeness (QED) is 0.227. The first-order chi connectivity index (χ1) is 17.2. The number of anilines is 2. The molecule has 0 aliphatic rings. The van der Waals surface area contributed by atoms with E-state index in [9.17, 15) is 24.3 Å². The number of urea groups is 1. The fourth-order valence-electron chi connectivity index (χ4n) is 2.81. The molecule has 0 spiro atoms. The van der Waals surface area contributed by atoms with Crippen molar-refractivity contribution in [2.45, 2.75) is 4.34 Å². The summed E-state index contributed by atoms with van der Waals surface area (Å²) in [6, 6.07) is 12.8. The molecule has 0 saturated heterocycles. The van der Waals surface area contributed by atoms with Crippen LogP contribution in [0.4, 0.5) is 16.2 Å². The van der Waals surface area contributed by atoms with E-state index in [1.165, 1.54) is 0 Å². The minimum Gasteiger partial charge on any atom is -0.492 e. The molecule has 0 atom stereocenters. The van der Waals surface area contributed by atoms with Gasteiger partial charge in [0.1, 0.15) is 0 Å². The SMILES string of the molecule is O=C(CSc1nn2c(=O)c(C(=O)Nc3ccc(Br)cc3)c(O)nc2s1)NC(=O)Nc1ccccc1Br. The number of aromatic hydroxyl groups is 1. The zero-order chi connectivity index (χ0) is 25.8. The lowest BCUT2D eigenvalue weighted by Crippen LogP contribution is -2.35. The molecule has 0 aliphatic heterocycles. The second kappa shape index (κ2) is 11.2. The molecule has 4 N–H and O–H groups in total. The Labute approximate surface area is 227 Å². The van der Waals surface area contributed by atoms with Gasteiger partial charge in [-0.3, -0.25) is 19.7 Å². The molecule has 0 fully saturated rings. The number of aromatic nitrogens is 3. The number of para-hydroxylation sites is 1. The van der Waals surface area contributed by atoms with Crippen LogP contribution in [0.15, 0.2) is 66.6 Å². The summed E-state index contributed by atoms with van der Waals surface area (Å²) in [7, 11) is 0. The molecule has 0 bridgehead atoms. The van der Waals surface area contributed by atoms with Gasteiger partial charge in [0.25, 0.3) is 11.5 Å².